The van der Waals surface area contributed by atoms with Gasteiger partial charge in [0.2, 0.25) is 10.0 Å². The van der Waals surface area contributed by atoms with Gasteiger partial charge in [0.15, 0.2) is 11.5 Å². The second-order valence-corrected chi connectivity index (χ2v) is 10.0. The predicted molar refractivity (Wildman–Crippen MR) is 114 cm³/mol. The molecule has 1 fully saturated rings. The number of hydrogen-bond donors (Lipinski definition) is 1. The van der Waals surface area contributed by atoms with Gasteiger partial charge in [-0.2, -0.15) is 4.31 Å². The first kappa shape index (κ1) is 20.7. The molecule has 0 radical (unpaired) electrons. The van der Waals surface area contributed by atoms with Gasteiger partial charge in [-0.1, -0.05) is 19.9 Å². The number of carbonyl (C=O) groups is 1. The van der Waals surface area contributed by atoms with Gasteiger partial charge < -0.3 is 14.8 Å². The van der Waals surface area contributed by atoms with Crippen LogP contribution in [0.4, 0.5) is 5.69 Å². The van der Waals surface area contributed by atoms with E-state index in [9.17, 15) is 13.2 Å². The molecule has 2 aliphatic rings. The van der Waals surface area contributed by atoms with Crippen LogP contribution in [0.15, 0.2) is 47.4 Å². The van der Waals surface area contributed by atoms with Gasteiger partial charge in [0.05, 0.1) is 4.90 Å². The molecule has 8 heteroatoms. The topological polar surface area (TPSA) is 84.9 Å². The number of amides is 1. The molecular weight excluding hydrogens is 404 g/mol. The zero-order chi connectivity index (χ0) is 21.3. The number of ether oxygens (including phenoxy) is 2. The number of nitrogens with zero attached hydrogens (tertiary/aromatic N) is 1. The van der Waals surface area contributed by atoms with E-state index in [4.69, 9.17) is 9.47 Å². The van der Waals surface area contributed by atoms with Crippen molar-refractivity contribution < 1.29 is 22.7 Å². The van der Waals surface area contributed by atoms with E-state index in [0.717, 1.165) is 6.42 Å². The van der Waals surface area contributed by atoms with E-state index in [1.165, 1.54) is 10.4 Å². The molecule has 2 aromatic carbocycles. The van der Waals surface area contributed by atoms with Gasteiger partial charge >= 0.3 is 0 Å². The van der Waals surface area contributed by atoms with Crippen LogP contribution in [-0.2, 0) is 10.0 Å². The second kappa shape index (κ2) is 8.28. The lowest BCUT2D eigenvalue weighted by Gasteiger charge is -2.34. The maximum atomic E-state index is 13.1. The van der Waals surface area contributed by atoms with Gasteiger partial charge in [0.1, 0.15) is 13.2 Å². The third kappa shape index (κ3) is 4.29. The molecule has 4 rings (SSSR count). The molecular formula is C22H26N2O5S. The van der Waals surface area contributed by atoms with Crippen LogP contribution in [0.25, 0.3) is 0 Å². The van der Waals surface area contributed by atoms with Crippen LogP contribution in [0.1, 0.15) is 30.6 Å². The molecule has 1 saturated heterocycles. The number of benzene rings is 2. The summed E-state index contributed by atoms with van der Waals surface area (Å²) < 4.78 is 38.8. The fourth-order valence-corrected chi connectivity index (χ4v) is 5.80. The molecule has 2 heterocycles. The first-order valence-electron chi connectivity index (χ1n) is 10.1. The van der Waals surface area contributed by atoms with Gasteiger partial charge in [-0.3, -0.25) is 4.79 Å². The van der Waals surface area contributed by atoms with Crippen LogP contribution in [0.5, 0.6) is 11.5 Å². The Labute approximate surface area is 177 Å². The first-order chi connectivity index (χ1) is 14.3. The Bertz CT molecular complexity index is 1040. The summed E-state index contributed by atoms with van der Waals surface area (Å²) in [5.41, 5.74) is 0.834. The fraction of sp³-hybridized carbons (Fsp3) is 0.409. The third-order valence-corrected chi connectivity index (χ3v) is 7.20. The minimum absolute atomic E-state index is 0.138. The van der Waals surface area contributed by atoms with Crippen LogP contribution in [-0.4, -0.2) is 44.9 Å². The number of carbonyl (C=O) groups excluding carboxylic acids is 1. The van der Waals surface area contributed by atoms with Gasteiger partial charge in [0, 0.05) is 30.4 Å². The Morgan fingerprint density at radius 3 is 2.43 bits per heavy atom. The van der Waals surface area contributed by atoms with Crippen LogP contribution < -0.4 is 14.8 Å². The zero-order valence-corrected chi connectivity index (χ0v) is 17.9. The lowest BCUT2D eigenvalue weighted by Crippen LogP contribution is -2.42. The summed E-state index contributed by atoms with van der Waals surface area (Å²) in [4.78, 5) is 12.9. The van der Waals surface area contributed by atoms with Crippen molar-refractivity contribution in [2.45, 2.75) is 25.2 Å². The van der Waals surface area contributed by atoms with Gasteiger partial charge in [-0.15, -0.1) is 0 Å². The number of sulfonamides is 1. The van der Waals surface area contributed by atoms with Crippen molar-refractivity contribution in [3.8, 4) is 11.5 Å². The highest BCUT2D eigenvalue weighted by Gasteiger charge is 2.32. The van der Waals surface area contributed by atoms with Crippen LogP contribution >= 0.6 is 0 Å². The molecule has 0 spiro atoms. The molecule has 0 aromatic heterocycles. The molecule has 7 nitrogen and oxygen atoms in total. The lowest BCUT2D eigenvalue weighted by molar-refractivity contribution is 0.102. The van der Waals surface area contributed by atoms with E-state index in [1.807, 2.05) is 0 Å². The Morgan fingerprint density at radius 2 is 1.70 bits per heavy atom. The minimum atomic E-state index is -3.65. The van der Waals surface area contributed by atoms with Crippen molar-refractivity contribution in [2.75, 3.05) is 31.6 Å². The van der Waals surface area contributed by atoms with Crippen molar-refractivity contribution >= 4 is 21.6 Å². The molecule has 0 bridgehead atoms. The van der Waals surface area contributed by atoms with Gasteiger partial charge in [0.25, 0.3) is 5.91 Å². The fourth-order valence-electron chi connectivity index (χ4n) is 4.07. The highest BCUT2D eigenvalue weighted by Crippen LogP contribution is 2.33. The summed E-state index contributed by atoms with van der Waals surface area (Å²) in [5.74, 6) is 1.44. The van der Waals surface area contributed by atoms with Crippen LogP contribution in [0.3, 0.4) is 0 Å². The summed E-state index contributed by atoms with van der Waals surface area (Å²) in [6.45, 7) is 6.08. The average molecular weight is 431 g/mol. The second-order valence-electron chi connectivity index (χ2n) is 8.11. The zero-order valence-electron chi connectivity index (χ0n) is 17.1. The van der Waals surface area contributed by atoms with Crippen molar-refractivity contribution in [3.63, 3.8) is 0 Å². The number of hydrogen-bond acceptors (Lipinski definition) is 5. The maximum absolute atomic E-state index is 13.1. The normalized spacial score (nSPS) is 21.8. The van der Waals surface area contributed by atoms with E-state index in [2.05, 4.69) is 19.2 Å². The van der Waals surface area contributed by atoms with E-state index in [1.54, 1.807) is 36.4 Å². The highest BCUT2D eigenvalue weighted by molar-refractivity contribution is 7.89. The van der Waals surface area contributed by atoms with Gasteiger partial charge in [-0.05, 0) is 48.6 Å². The SMILES string of the molecule is CC1CC(C)CN(S(=O)(=O)c2cccc(C(=O)Nc3ccc4c(c3)OCCO4)c2)C1. The first-order valence-corrected chi connectivity index (χ1v) is 11.6. The average Bonchev–Trinajstić information content (AvgIpc) is 2.73. The predicted octanol–water partition coefficient (Wildman–Crippen LogP) is 3.38. The third-order valence-electron chi connectivity index (χ3n) is 5.37. The molecule has 160 valence electrons. The molecule has 1 amide bonds. The van der Waals surface area contributed by atoms with E-state index in [-0.39, 0.29) is 16.4 Å². The van der Waals surface area contributed by atoms with Gasteiger partial charge in [-0.25, -0.2) is 8.42 Å². The largest absolute Gasteiger partial charge is 0.486 e. The number of anilines is 1. The quantitative estimate of drug-likeness (QED) is 0.804. The standard InChI is InChI=1S/C22H26N2O5S/c1-15-10-16(2)14-24(13-15)30(26,27)19-5-3-4-17(11-19)22(25)23-18-6-7-20-21(12-18)29-9-8-28-20/h3-7,11-12,15-16H,8-10,13-14H2,1-2H3,(H,23,25). The molecule has 2 aromatic rings. The number of fused-ring (bicyclic) bond motifs is 1. The van der Waals surface area contributed by atoms with E-state index >= 15 is 0 Å². The van der Waals surface area contributed by atoms with Crippen molar-refractivity contribution in [1.29, 1.82) is 0 Å². The van der Waals surface area contributed by atoms with Crippen LogP contribution in [0, 0.1) is 11.8 Å². The molecule has 0 saturated carbocycles. The Balaban J connectivity index is 1.53. The minimum Gasteiger partial charge on any atom is -0.486 e. The summed E-state index contributed by atoms with van der Waals surface area (Å²) in [6, 6.07) is 11.3. The summed E-state index contributed by atoms with van der Waals surface area (Å²) >= 11 is 0. The highest BCUT2D eigenvalue weighted by atomic mass is 32.2. The Morgan fingerprint density at radius 1 is 1.00 bits per heavy atom. The summed E-state index contributed by atoms with van der Waals surface area (Å²) in [6.07, 6.45) is 1.02. The Hall–Kier alpha value is -2.58. The summed E-state index contributed by atoms with van der Waals surface area (Å²) in [5, 5.41) is 2.80. The molecule has 2 unspecified atom stereocenters. The molecule has 1 N–H and O–H groups in total. The molecule has 2 aliphatic heterocycles. The van der Waals surface area contributed by atoms with E-state index in [0.29, 0.717) is 55.3 Å². The van der Waals surface area contributed by atoms with E-state index < -0.39 is 10.0 Å². The monoisotopic (exact) mass is 430 g/mol. The summed E-state index contributed by atoms with van der Waals surface area (Å²) in [7, 11) is -3.65. The van der Waals surface area contributed by atoms with Crippen molar-refractivity contribution in [2.24, 2.45) is 11.8 Å². The molecule has 30 heavy (non-hydrogen) atoms. The molecule has 2 atom stereocenters. The Kier molecular flexibility index (Phi) is 5.71. The number of rotatable bonds is 4. The smallest absolute Gasteiger partial charge is 0.255 e. The number of nitrogens with one attached hydrogen (secondary N) is 1. The lowest BCUT2D eigenvalue weighted by atomic mass is 9.94. The maximum Gasteiger partial charge on any atom is 0.255 e. The van der Waals surface area contributed by atoms with Crippen molar-refractivity contribution in [1.82, 2.24) is 4.31 Å². The number of piperidine rings is 1. The van der Waals surface area contributed by atoms with Crippen molar-refractivity contribution in [3.05, 3.63) is 48.0 Å². The van der Waals surface area contributed by atoms with Crippen LogP contribution in [0.2, 0.25) is 0 Å². The molecule has 0 aliphatic carbocycles.